The molecular weight excluding hydrogens is 478 g/mol. The summed E-state index contributed by atoms with van der Waals surface area (Å²) in [6, 6.07) is 4.64. The van der Waals surface area contributed by atoms with Gasteiger partial charge in [0.25, 0.3) is 5.91 Å². The van der Waals surface area contributed by atoms with Crippen LogP contribution in [0.1, 0.15) is 63.0 Å². The van der Waals surface area contributed by atoms with Crippen LogP contribution in [-0.2, 0) is 9.59 Å². The average Bonchev–Trinajstić information content (AvgIpc) is 3.45. The van der Waals surface area contributed by atoms with Crippen LogP contribution in [0.3, 0.4) is 0 Å². The van der Waals surface area contributed by atoms with E-state index in [0.717, 1.165) is 80.2 Å². The second-order valence-electron chi connectivity index (χ2n) is 11.4. The van der Waals surface area contributed by atoms with Crippen LogP contribution in [0.4, 0.5) is 0 Å². The maximum Gasteiger partial charge on any atom is 0.260 e. The number of rotatable bonds is 5. The lowest BCUT2D eigenvalue weighted by Gasteiger charge is -2.32. The normalized spacial score (nSPS) is 30.2. The summed E-state index contributed by atoms with van der Waals surface area (Å²) in [5.41, 5.74) is 11.5. The number of hydrazine groups is 2. The van der Waals surface area contributed by atoms with Crippen molar-refractivity contribution in [2.75, 3.05) is 32.8 Å². The predicted molar refractivity (Wildman–Crippen MR) is 139 cm³/mol. The molecule has 3 unspecified atom stereocenters. The molecule has 4 fully saturated rings. The Morgan fingerprint density at radius 1 is 1.03 bits per heavy atom. The van der Waals surface area contributed by atoms with Crippen LogP contribution in [0.5, 0.6) is 5.75 Å². The predicted octanol–water partition coefficient (Wildman–Crippen LogP) is 3.00. The number of aryl methyl sites for hydroxylation is 1. The Hall–Kier alpha value is -1.87. The van der Waals surface area contributed by atoms with E-state index in [0.29, 0.717) is 29.8 Å². The molecule has 3 saturated heterocycles. The minimum absolute atomic E-state index is 0.0354. The number of benzene rings is 1. The van der Waals surface area contributed by atoms with Gasteiger partial charge in [-0.2, -0.15) is 5.53 Å². The summed E-state index contributed by atoms with van der Waals surface area (Å²) in [7, 11) is 0. The van der Waals surface area contributed by atoms with E-state index >= 15 is 0 Å². The van der Waals surface area contributed by atoms with Crippen LogP contribution in [0.15, 0.2) is 12.1 Å². The Labute approximate surface area is 219 Å². The summed E-state index contributed by atoms with van der Waals surface area (Å²) >= 11 is 6.31. The number of ether oxygens (including phenoxy) is 1. The zero-order chi connectivity index (χ0) is 25.4. The van der Waals surface area contributed by atoms with Crippen LogP contribution >= 0.6 is 11.6 Å². The lowest BCUT2D eigenvalue weighted by molar-refractivity contribution is -0.136. The summed E-state index contributed by atoms with van der Waals surface area (Å²) in [6.07, 6.45) is 4.76. The van der Waals surface area contributed by atoms with E-state index in [9.17, 15) is 9.59 Å². The summed E-state index contributed by atoms with van der Waals surface area (Å²) in [5.74, 6) is 2.44. The first kappa shape index (κ1) is 25.8. The maximum atomic E-state index is 13.3. The van der Waals surface area contributed by atoms with Gasteiger partial charge in [0, 0.05) is 49.2 Å². The van der Waals surface area contributed by atoms with E-state index in [1.807, 2.05) is 24.0 Å². The zero-order valence-electron chi connectivity index (χ0n) is 21.7. The van der Waals surface area contributed by atoms with Crippen molar-refractivity contribution in [1.82, 2.24) is 26.2 Å². The maximum absolute atomic E-state index is 13.3. The molecule has 8 nitrogen and oxygen atoms in total. The highest BCUT2D eigenvalue weighted by Gasteiger charge is 2.42. The average molecular weight is 518 g/mol. The van der Waals surface area contributed by atoms with Gasteiger partial charge in [-0.25, -0.2) is 10.9 Å². The second-order valence-corrected chi connectivity index (χ2v) is 11.8. The number of nitrogens with zero attached hydrogens (tertiary/aromatic N) is 2. The summed E-state index contributed by atoms with van der Waals surface area (Å²) < 4.78 is 6.01. The van der Waals surface area contributed by atoms with Crippen molar-refractivity contribution in [1.29, 1.82) is 0 Å². The molecule has 0 radical (unpaired) electrons. The third-order valence-electron chi connectivity index (χ3n) is 8.76. The third-order valence-corrected chi connectivity index (χ3v) is 9.17. The lowest BCUT2D eigenvalue weighted by Crippen LogP contribution is -2.45. The van der Waals surface area contributed by atoms with E-state index in [4.69, 9.17) is 16.3 Å². The van der Waals surface area contributed by atoms with Crippen molar-refractivity contribution >= 4 is 23.4 Å². The fourth-order valence-corrected chi connectivity index (χ4v) is 6.64. The molecule has 1 saturated carbocycles. The molecule has 3 N–H and O–H groups in total. The highest BCUT2D eigenvalue weighted by Crippen LogP contribution is 2.36. The molecule has 2 amide bonds. The molecular formula is C27H40ClN5O3. The lowest BCUT2D eigenvalue weighted by atomic mass is 9.82. The highest BCUT2D eigenvalue weighted by molar-refractivity contribution is 6.31. The van der Waals surface area contributed by atoms with E-state index in [-0.39, 0.29) is 24.3 Å². The number of carbonyl (C=O) groups excluding carboxylic acids is 2. The Morgan fingerprint density at radius 2 is 1.72 bits per heavy atom. The third kappa shape index (κ3) is 5.37. The zero-order valence-corrected chi connectivity index (χ0v) is 22.4. The minimum Gasteiger partial charge on any atom is -0.483 e. The van der Waals surface area contributed by atoms with Gasteiger partial charge in [-0.3, -0.25) is 9.59 Å². The molecule has 5 atom stereocenters. The number of fused-ring (bicyclic) bond motifs is 2. The molecule has 198 valence electrons. The molecule has 9 heteroatoms. The molecule has 0 bridgehead atoms. The topological polar surface area (TPSA) is 85.9 Å². The fourth-order valence-electron chi connectivity index (χ4n) is 6.47. The number of carbonyl (C=O) groups is 2. The Kier molecular flexibility index (Phi) is 7.77. The SMILES string of the molecule is Cc1cc(OCC(=O)N2CC[C@@H]3CN(C(=O)C4CCC5NNNC5C4)C[C@@H]3CC2)c(C(C)C)cc1Cl. The fraction of sp³-hybridized carbons (Fsp3) is 0.704. The van der Waals surface area contributed by atoms with Gasteiger partial charge >= 0.3 is 0 Å². The monoisotopic (exact) mass is 517 g/mol. The van der Waals surface area contributed by atoms with Gasteiger partial charge in [0.05, 0.1) is 0 Å². The molecule has 36 heavy (non-hydrogen) atoms. The van der Waals surface area contributed by atoms with Gasteiger partial charge in [-0.05, 0) is 80.0 Å². The summed E-state index contributed by atoms with van der Waals surface area (Å²) in [4.78, 5) is 30.4. The van der Waals surface area contributed by atoms with E-state index in [2.05, 4.69) is 35.1 Å². The molecule has 5 rings (SSSR count). The molecule has 0 spiro atoms. The largest absolute Gasteiger partial charge is 0.483 e. The van der Waals surface area contributed by atoms with Crippen LogP contribution in [0, 0.1) is 24.7 Å². The van der Waals surface area contributed by atoms with Gasteiger partial charge in [-0.1, -0.05) is 25.4 Å². The smallest absolute Gasteiger partial charge is 0.260 e. The summed E-state index contributed by atoms with van der Waals surface area (Å²) in [5, 5.41) is 0.723. The first-order valence-corrected chi connectivity index (χ1v) is 13.9. The molecule has 3 aliphatic heterocycles. The number of amides is 2. The van der Waals surface area contributed by atoms with Crippen molar-refractivity contribution in [3.8, 4) is 5.75 Å². The second kappa shape index (κ2) is 10.9. The van der Waals surface area contributed by atoms with Gasteiger partial charge in [0.1, 0.15) is 5.75 Å². The molecule has 0 aromatic heterocycles. The number of hydrogen-bond donors (Lipinski definition) is 3. The van der Waals surface area contributed by atoms with Crippen molar-refractivity contribution in [3.05, 3.63) is 28.3 Å². The number of nitrogens with one attached hydrogen (secondary N) is 3. The molecule has 4 aliphatic rings. The van der Waals surface area contributed by atoms with Gasteiger partial charge in [0.15, 0.2) is 6.61 Å². The van der Waals surface area contributed by atoms with Crippen LogP contribution in [0.25, 0.3) is 0 Å². The van der Waals surface area contributed by atoms with E-state index < -0.39 is 0 Å². The van der Waals surface area contributed by atoms with Crippen molar-refractivity contribution < 1.29 is 14.3 Å². The Morgan fingerprint density at radius 3 is 2.42 bits per heavy atom. The summed E-state index contributed by atoms with van der Waals surface area (Å²) in [6.45, 7) is 9.32. The molecule has 1 aromatic rings. The highest BCUT2D eigenvalue weighted by atomic mass is 35.5. The first-order valence-electron chi connectivity index (χ1n) is 13.6. The van der Waals surface area contributed by atoms with Crippen molar-refractivity contribution in [2.24, 2.45) is 17.8 Å². The standard InChI is InChI=1S/C27H40ClN5O3/c1-16(2)21-12-22(28)17(3)10-25(21)36-15-26(34)32-8-6-19-13-33(14-20(19)7-9-32)27(35)18-4-5-23-24(11-18)30-31-29-23/h10,12,16,18-20,23-24,29-31H,4-9,11,13-15H2,1-3H3/t18?,19-,20+,23?,24?. The van der Waals surface area contributed by atoms with Crippen LogP contribution in [-0.4, -0.2) is 66.5 Å². The molecule has 1 aromatic carbocycles. The van der Waals surface area contributed by atoms with E-state index in [1.54, 1.807) is 0 Å². The van der Waals surface area contributed by atoms with E-state index in [1.165, 1.54) is 0 Å². The number of hydrogen-bond acceptors (Lipinski definition) is 6. The van der Waals surface area contributed by atoms with Crippen LogP contribution in [0.2, 0.25) is 5.02 Å². The first-order chi connectivity index (χ1) is 17.3. The molecule has 3 heterocycles. The van der Waals surface area contributed by atoms with Gasteiger partial charge in [0.2, 0.25) is 5.91 Å². The van der Waals surface area contributed by atoms with Crippen LogP contribution < -0.4 is 21.1 Å². The van der Waals surface area contributed by atoms with Gasteiger partial charge < -0.3 is 14.5 Å². The Bertz CT molecular complexity index is 972. The Balaban J connectivity index is 1.12. The number of likely N-dealkylation sites (tertiary alicyclic amines) is 2. The molecule has 1 aliphatic carbocycles. The number of halogens is 1. The van der Waals surface area contributed by atoms with Crippen molar-refractivity contribution in [3.63, 3.8) is 0 Å². The quantitative estimate of drug-likeness (QED) is 0.556. The van der Waals surface area contributed by atoms with Crippen molar-refractivity contribution in [2.45, 2.75) is 70.9 Å². The minimum atomic E-state index is 0.0354. The van der Waals surface area contributed by atoms with Gasteiger partial charge in [-0.15, -0.1) is 0 Å².